The number of aromatic nitrogens is 2. The minimum atomic E-state index is -0.0880. The molecule has 4 atom stereocenters. The maximum absolute atomic E-state index is 12.8. The molecule has 0 radical (unpaired) electrons. The molecule has 2 amide bonds. The van der Waals surface area contributed by atoms with Crippen LogP contribution in [0.3, 0.4) is 0 Å². The highest BCUT2D eigenvalue weighted by molar-refractivity contribution is 5.95. The summed E-state index contributed by atoms with van der Waals surface area (Å²) >= 11 is 0. The highest BCUT2D eigenvalue weighted by Gasteiger charge is 2.49. The van der Waals surface area contributed by atoms with E-state index in [0.717, 1.165) is 44.6 Å². The van der Waals surface area contributed by atoms with E-state index in [1.165, 1.54) is 6.42 Å². The van der Waals surface area contributed by atoms with Gasteiger partial charge in [-0.1, -0.05) is 6.92 Å². The lowest BCUT2D eigenvalue weighted by Crippen LogP contribution is -2.67. The van der Waals surface area contributed by atoms with Gasteiger partial charge in [-0.05, 0) is 51.0 Å². The first kappa shape index (κ1) is 19.4. The van der Waals surface area contributed by atoms with Gasteiger partial charge in [-0.15, -0.1) is 0 Å². The van der Waals surface area contributed by atoms with Crippen LogP contribution in [-0.2, 0) is 11.8 Å². The Morgan fingerprint density at radius 3 is 2.82 bits per heavy atom. The van der Waals surface area contributed by atoms with Gasteiger partial charge in [0.05, 0.1) is 17.3 Å². The molecule has 4 rings (SSSR count). The maximum atomic E-state index is 12.8. The van der Waals surface area contributed by atoms with Gasteiger partial charge < -0.3 is 15.1 Å². The number of nitrogens with one attached hydrogen (secondary N) is 1. The van der Waals surface area contributed by atoms with E-state index >= 15 is 0 Å². The van der Waals surface area contributed by atoms with E-state index in [2.05, 4.69) is 27.1 Å². The highest BCUT2D eigenvalue weighted by Crippen LogP contribution is 2.41. The molecule has 1 aromatic rings. The Labute approximate surface area is 167 Å². The maximum Gasteiger partial charge on any atom is 0.254 e. The summed E-state index contributed by atoms with van der Waals surface area (Å²) < 4.78 is 1.67. The van der Waals surface area contributed by atoms with Gasteiger partial charge in [-0.3, -0.25) is 14.3 Å². The summed E-state index contributed by atoms with van der Waals surface area (Å²) in [5.74, 6) is 1.22. The molecular weight excluding hydrogens is 354 g/mol. The average Bonchev–Trinajstić information content (AvgIpc) is 3.00. The number of carbonyl (C=O) groups excluding carboxylic acids is 2. The predicted molar refractivity (Wildman–Crippen MR) is 107 cm³/mol. The monoisotopic (exact) mass is 387 g/mol. The third kappa shape index (κ3) is 3.56. The minimum Gasteiger partial charge on any atom is -0.350 e. The first-order valence-electron chi connectivity index (χ1n) is 10.8. The quantitative estimate of drug-likeness (QED) is 0.833. The SMILES string of the molecule is CCCN1C[C@H]2C[C@@H](C1)[C@H](CNC(=O)c1cn(C)nc1C)N1C(=O)CCC[C@@H]21. The fraction of sp³-hybridized carbons (Fsp3) is 0.762. The van der Waals surface area contributed by atoms with Crippen LogP contribution < -0.4 is 5.32 Å². The third-order valence-electron chi connectivity index (χ3n) is 6.84. The van der Waals surface area contributed by atoms with E-state index in [4.69, 9.17) is 0 Å². The number of aryl methyl sites for hydroxylation is 2. The summed E-state index contributed by atoms with van der Waals surface area (Å²) in [7, 11) is 1.83. The predicted octanol–water partition coefficient (Wildman–Crippen LogP) is 1.57. The van der Waals surface area contributed by atoms with Crippen molar-refractivity contribution in [3.05, 3.63) is 17.5 Å². The zero-order chi connectivity index (χ0) is 19.8. The van der Waals surface area contributed by atoms with Crippen LogP contribution in [0.4, 0.5) is 0 Å². The van der Waals surface area contributed by atoms with E-state index in [-0.39, 0.29) is 17.9 Å². The third-order valence-corrected chi connectivity index (χ3v) is 6.84. The van der Waals surface area contributed by atoms with Crippen molar-refractivity contribution >= 4 is 11.8 Å². The number of piperidine rings is 3. The Kier molecular flexibility index (Phi) is 5.45. The van der Waals surface area contributed by atoms with Crippen molar-refractivity contribution in [1.82, 2.24) is 24.9 Å². The Balaban J connectivity index is 1.52. The zero-order valence-corrected chi connectivity index (χ0v) is 17.4. The molecule has 0 aromatic carbocycles. The van der Waals surface area contributed by atoms with Crippen molar-refractivity contribution in [2.24, 2.45) is 18.9 Å². The standard InChI is InChI=1S/C21H33N5O2/c1-4-8-25-11-15-9-16(12-25)19(26-18(15)6-5-7-20(26)27)10-22-21(28)17-13-24(3)23-14(17)2/h13,15-16,18-19H,4-12H2,1-3H3,(H,22,28)/t15-,16+,18+,19+/m1/s1. The van der Waals surface area contributed by atoms with Gasteiger partial charge in [-0.2, -0.15) is 5.10 Å². The molecule has 7 heteroatoms. The van der Waals surface area contributed by atoms with Crippen LogP contribution in [0.25, 0.3) is 0 Å². The lowest BCUT2D eigenvalue weighted by atomic mass is 9.72. The molecule has 7 nitrogen and oxygen atoms in total. The number of rotatable bonds is 5. The zero-order valence-electron chi connectivity index (χ0n) is 17.4. The van der Waals surface area contributed by atoms with Gasteiger partial charge in [0.2, 0.25) is 5.91 Å². The summed E-state index contributed by atoms with van der Waals surface area (Å²) in [5, 5.41) is 7.39. The Morgan fingerprint density at radius 1 is 1.32 bits per heavy atom. The molecular formula is C21H33N5O2. The van der Waals surface area contributed by atoms with E-state index in [1.807, 2.05) is 14.0 Å². The number of amides is 2. The van der Waals surface area contributed by atoms with Gasteiger partial charge in [0, 0.05) is 45.3 Å². The van der Waals surface area contributed by atoms with Gasteiger partial charge in [0.25, 0.3) is 5.91 Å². The first-order chi connectivity index (χ1) is 13.5. The van der Waals surface area contributed by atoms with Gasteiger partial charge in [-0.25, -0.2) is 0 Å². The fourth-order valence-electron chi connectivity index (χ4n) is 5.75. The molecule has 0 spiro atoms. The van der Waals surface area contributed by atoms with Crippen LogP contribution in [0.15, 0.2) is 6.20 Å². The lowest BCUT2D eigenvalue weighted by Gasteiger charge is -2.56. The van der Waals surface area contributed by atoms with E-state index in [9.17, 15) is 9.59 Å². The van der Waals surface area contributed by atoms with Crippen LogP contribution >= 0.6 is 0 Å². The van der Waals surface area contributed by atoms with Crippen molar-refractivity contribution in [2.75, 3.05) is 26.2 Å². The second-order valence-corrected chi connectivity index (χ2v) is 8.86. The highest BCUT2D eigenvalue weighted by atomic mass is 16.2. The number of hydrogen-bond donors (Lipinski definition) is 1. The lowest BCUT2D eigenvalue weighted by molar-refractivity contribution is -0.152. The summed E-state index contributed by atoms with van der Waals surface area (Å²) in [6, 6.07) is 0.453. The molecule has 0 unspecified atom stereocenters. The molecule has 1 aromatic heterocycles. The number of likely N-dealkylation sites (tertiary alicyclic amines) is 1. The molecule has 0 saturated carbocycles. The van der Waals surface area contributed by atoms with Crippen LogP contribution in [0, 0.1) is 18.8 Å². The smallest absolute Gasteiger partial charge is 0.254 e. The summed E-state index contributed by atoms with van der Waals surface area (Å²) in [5.41, 5.74) is 1.36. The largest absolute Gasteiger partial charge is 0.350 e. The van der Waals surface area contributed by atoms with Crippen LogP contribution in [-0.4, -0.2) is 69.7 Å². The molecule has 3 aliphatic heterocycles. The van der Waals surface area contributed by atoms with Crippen molar-refractivity contribution in [1.29, 1.82) is 0 Å². The number of fused-ring (bicyclic) bond motifs is 4. The normalized spacial score (nSPS) is 30.2. The van der Waals surface area contributed by atoms with E-state index in [1.54, 1.807) is 10.9 Å². The molecule has 4 heterocycles. The first-order valence-corrected chi connectivity index (χ1v) is 10.8. The van der Waals surface area contributed by atoms with Crippen LogP contribution in [0.5, 0.6) is 0 Å². The molecule has 1 N–H and O–H groups in total. The summed E-state index contributed by atoms with van der Waals surface area (Å²) in [6.07, 6.45) is 6.87. The van der Waals surface area contributed by atoms with E-state index < -0.39 is 0 Å². The fourth-order valence-corrected chi connectivity index (χ4v) is 5.75. The minimum absolute atomic E-state index is 0.0880. The molecule has 154 valence electrons. The Bertz CT molecular complexity index is 743. The average molecular weight is 388 g/mol. The Hall–Kier alpha value is -1.89. The van der Waals surface area contributed by atoms with Gasteiger partial charge in [0.15, 0.2) is 0 Å². The number of hydrogen-bond acceptors (Lipinski definition) is 4. The van der Waals surface area contributed by atoms with E-state index in [0.29, 0.717) is 36.4 Å². The van der Waals surface area contributed by atoms with Crippen molar-refractivity contribution in [2.45, 2.75) is 58.0 Å². The second kappa shape index (κ2) is 7.85. The van der Waals surface area contributed by atoms with Gasteiger partial charge in [0.1, 0.15) is 0 Å². The second-order valence-electron chi connectivity index (χ2n) is 8.86. The molecule has 3 saturated heterocycles. The molecule has 3 fully saturated rings. The number of carbonyl (C=O) groups is 2. The molecule has 3 aliphatic rings. The summed E-state index contributed by atoms with van der Waals surface area (Å²) in [6.45, 7) is 7.90. The van der Waals surface area contributed by atoms with Crippen molar-refractivity contribution in [3.63, 3.8) is 0 Å². The molecule has 0 aliphatic carbocycles. The topological polar surface area (TPSA) is 70.5 Å². The Morgan fingerprint density at radius 2 is 2.11 bits per heavy atom. The van der Waals surface area contributed by atoms with Crippen molar-refractivity contribution < 1.29 is 9.59 Å². The molecule has 2 bridgehead atoms. The van der Waals surface area contributed by atoms with Crippen molar-refractivity contribution in [3.8, 4) is 0 Å². The van der Waals surface area contributed by atoms with Crippen LogP contribution in [0.2, 0.25) is 0 Å². The molecule has 28 heavy (non-hydrogen) atoms. The summed E-state index contributed by atoms with van der Waals surface area (Å²) in [4.78, 5) is 30.3. The van der Waals surface area contributed by atoms with Crippen LogP contribution in [0.1, 0.15) is 55.1 Å². The number of nitrogens with zero attached hydrogens (tertiary/aromatic N) is 4. The van der Waals surface area contributed by atoms with Gasteiger partial charge >= 0.3 is 0 Å².